The highest BCUT2D eigenvalue weighted by Crippen LogP contribution is 2.62. The topological polar surface area (TPSA) is 12.5 Å². The van der Waals surface area contributed by atoms with Gasteiger partial charge in [-0.3, -0.25) is 0 Å². The normalized spacial score (nSPS) is 12.8. The molecule has 0 saturated heterocycles. The first-order valence-corrected chi connectivity index (χ1v) is 19.6. The van der Waals surface area contributed by atoms with E-state index in [4.69, 9.17) is 4.74 Å². The number of hydrogen-bond donors (Lipinski definition) is 0. The molecule has 1 spiro atoms. The van der Waals surface area contributed by atoms with E-state index >= 15 is 0 Å². The van der Waals surface area contributed by atoms with E-state index in [-0.39, 0.29) is 0 Å². The van der Waals surface area contributed by atoms with E-state index in [1.807, 2.05) is 0 Å². The van der Waals surface area contributed by atoms with Gasteiger partial charge in [-0.25, -0.2) is 0 Å². The van der Waals surface area contributed by atoms with Gasteiger partial charge in [-0.05, 0) is 104 Å². The summed E-state index contributed by atoms with van der Waals surface area (Å²) in [5, 5.41) is 0. The second-order valence-corrected chi connectivity index (χ2v) is 14.9. The number of rotatable bonds is 6. The lowest BCUT2D eigenvalue weighted by Gasteiger charge is -2.39. The van der Waals surface area contributed by atoms with Crippen molar-refractivity contribution in [2.75, 3.05) is 4.90 Å². The fourth-order valence-corrected chi connectivity index (χ4v) is 9.16. The molecule has 1 aliphatic heterocycles. The first-order valence-electron chi connectivity index (χ1n) is 19.6. The van der Waals surface area contributed by atoms with Crippen molar-refractivity contribution in [1.82, 2.24) is 0 Å². The molecular weight excluding hydrogens is 691 g/mol. The molecule has 1 heterocycles. The molecule has 0 radical (unpaired) electrons. The van der Waals surface area contributed by atoms with E-state index in [0.717, 1.165) is 39.7 Å². The monoisotopic (exact) mass is 727 g/mol. The minimum Gasteiger partial charge on any atom is -0.457 e. The third-order valence-electron chi connectivity index (χ3n) is 11.8. The fraction of sp³-hybridized carbons (Fsp3) is 0.0182. The zero-order chi connectivity index (χ0) is 37.8. The number of ether oxygens (including phenoxy) is 1. The number of anilines is 3. The second-order valence-electron chi connectivity index (χ2n) is 14.9. The minimum atomic E-state index is -0.466. The van der Waals surface area contributed by atoms with E-state index in [1.54, 1.807) is 0 Å². The van der Waals surface area contributed by atoms with Gasteiger partial charge in [0.2, 0.25) is 0 Å². The van der Waals surface area contributed by atoms with E-state index in [1.165, 1.54) is 55.6 Å². The quantitative estimate of drug-likeness (QED) is 0.169. The fourth-order valence-electron chi connectivity index (χ4n) is 9.16. The van der Waals surface area contributed by atoms with Crippen LogP contribution in [0.4, 0.5) is 17.1 Å². The van der Waals surface area contributed by atoms with Crippen molar-refractivity contribution in [1.29, 1.82) is 0 Å². The highest BCUT2D eigenvalue weighted by atomic mass is 16.5. The molecule has 0 bridgehead atoms. The van der Waals surface area contributed by atoms with Gasteiger partial charge < -0.3 is 9.64 Å². The summed E-state index contributed by atoms with van der Waals surface area (Å²) in [6.07, 6.45) is 0. The molecule has 9 aromatic rings. The Morgan fingerprint density at radius 1 is 0.281 bits per heavy atom. The maximum absolute atomic E-state index is 6.81. The Hall–Kier alpha value is -7.42. The predicted octanol–water partition coefficient (Wildman–Crippen LogP) is 14.6. The Kier molecular flexibility index (Phi) is 7.75. The van der Waals surface area contributed by atoms with Gasteiger partial charge in [0.05, 0.1) is 5.41 Å². The predicted molar refractivity (Wildman–Crippen MR) is 235 cm³/mol. The zero-order valence-corrected chi connectivity index (χ0v) is 31.2. The van der Waals surface area contributed by atoms with Crippen molar-refractivity contribution >= 4 is 17.1 Å². The molecule has 0 saturated carbocycles. The van der Waals surface area contributed by atoms with Crippen molar-refractivity contribution in [3.05, 3.63) is 247 Å². The zero-order valence-electron chi connectivity index (χ0n) is 31.2. The van der Waals surface area contributed by atoms with Gasteiger partial charge >= 0.3 is 0 Å². The standard InChI is InChI=1S/C55H37NO/c1-3-13-38(14-4-1)40-23-30-44(31-24-40)56(45-32-25-41(26-33-45)39-15-5-2-6-16-39)46-34-27-42(28-35-46)43-29-36-52-54(37-43)57-53-22-12-11-21-51(53)55(52)49-19-9-7-17-47(49)48-18-8-10-20-50(48)55/h1-37H. The molecule has 0 amide bonds. The molecule has 0 aromatic heterocycles. The first-order chi connectivity index (χ1) is 28.3. The number of fused-ring (bicyclic) bond motifs is 9. The number of nitrogens with zero attached hydrogens (tertiary/aromatic N) is 1. The SMILES string of the molecule is c1ccc(-c2ccc(N(c3ccc(-c4ccccc4)cc3)c3ccc(-c4ccc5c(c4)Oc4ccccc4C54c5ccccc5-c5ccccc54)cc3)cc2)cc1. The minimum absolute atomic E-state index is 0.466. The van der Waals surface area contributed by atoms with Crippen LogP contribution in [0.2, 0.25) is 0 Å². The largest absolute Gasteiger partial charge is 0.457 e. The number of hydrogen-bond acceptors (Lipinski definition) is 2. The molecule has 0 fully saturated rings. The van der Waals surface area contributed by atoms with E-state index in [0.29, 0.717) is 0 Å². The van der Waals surface area contributed by atoms with Crippen LogP contribution >= 0.6 is 0 Å². The third kappa shape index (κ3) is 5.33. The summed E-state index contributed by atoms with van der Waals surface area (Å²) in [5.74, 6) is 1.79. The molecule has 0 unspecified atom stereocenters. The van der Waals surface area contributed by atoms with Gasteiger partial charge in [-0.2, -0.15) is 0 Å². The molecule has 2 aliphatic rings. The van der Waals surface area contributed by atoms with E-state index < -0.39 is 5.41 Å². The number of benzene rings is 9. The second kappa shape index (κ2) is 13.4. The lowest BCUT2D eigenvalue weighted by Crippen LogP contribution is -2.32. The molecule has 9 aromatic carbocycles. The first kappa shape index (κ1) is 33.0. The van der Waals surface area contributed by atoms with Gasteiger partial charge in [0.15, 0.2) is 0 Å². The molecule has 1 aliphatic carbocycles. The third-order valence-corrected chi connectivity index (χ3v) is 11.8. The Balaban J connectivity index is 0.989. The van der Waals surface area contributed by atoms with Gasteiger partial charge in [-0.15, -0.1) is 0 Å². The van der Waals surface area contributed by atoms with Crippen LogP contribution < -0.4 is 9.64 Å². The van der Waals surface area contributed by atoms with Crippen LogP contribution in [0.15, 0.2) is 224 Å². The summed E-state index contributed by atoms with van der Waals surface area (Å²) in [4.78, 5) is 2.33. The summed E-state index contributed by atoms with van der Waals surface area (Å²) in [6.45, 7) is 0. The van der Waals surface area contributed by atoms with Crippen molar-refractivity contribution in [2.24, 2.45) is 0 Å². The lowest BCUT2D eigenvalue weighted by atomic mass is 9.66. The molecule has 2 nitrogen and oxygen atoms in total. The van der Waals surface area contributed by atoms with Gasteiger partial charge in [-0.1, -0.05) is 176 Å². The lowest BCUT2D eigenvalue weighted by molar-refractivity contribution is 0.436. The van der Waals surface area contributed by atoms with Crippen LogP contribution in [-0.2, 0) is 5.41 Å². The summed E-state index contributed by atoms with van der Waals surface area (Å²) < 4.78 is 6.81. The smallest absolute Gasteiger partial charge is 0.132 e. The molecule has 11 rings (SSSR count). The summed E-state index contributed by atoms with van der Waals surface area (Å²) in [5.41, 5.74) is 17.4. The number of para-hydroxylation sites is 1. The van der Waals surface area contributed by atoms with Crippen LogP contribution in [0.25, 0.3) is 44.5 Å². The molecule has 0 atom stereocenters. The summed E-state index contributed by atoms with van der Waals surface area (Å²) >= 11 is 0. The Morgan fingerprint density at radius 3 is 1.16 bits per heavy atom. The average Bonchev–Trinajstić information content (AvgIpc) is 3.58. The maximum Gasteiger partial charge on any atom is 0.132 e. The van der Waals surface area contributed by atoms with Crippen LogP contribution in [0.5, 0.6) is 11.5 Å². The van der Waals surface area contributed by atoms with Crippen LogP contribution in [-0.4, -0.2) is 0 Å². The van der Waals surface area contributed by atoms with E-state index in [2.05, 4.69) is 229 Å². The van der Waals surface area contributed by atoms with Gasteiger partial charge in [0.1, 0.15) is 11.5 Å². The molecule has 2 heteroatoms. The molecule has 268 valence electrons. The van der Waals surface area contributed by atoms with Gasteiger partial charge in [0, 0.05) is 28.2 Å². The summed E-state index contributed by atoms with van der Waals surface area (Å²) in [7, 11) is 0. The van der Waals surface area contributed by atoms with Crippen molar-refractivity contribution < 1.29 is 4.74 Å². The maximum atomic E-state index is 6.81. The molecule has 0 N–H and O–H groups in total. The van der Waals surface area contributed by atoms with Crippen LogP contribution in [0, 0.1) is 0 Å². The molecule has 57 heavy (non-hydrogen) atoms. The average molecular weight is 728 g/mol. The summed E-state index contributed by atoms with van der Waals surface area (Å²) in [6, 6.07) is 80.8. The Bertz CT molecular complexity index is 2770. The highest BCUT2D eigenvalue weighted by Gasteiger charge is 2.50. The van der Waals surface area contributed by atoms with E-state index in [9.17, 15) is 0 Å². The highest BCUT2D eigenvalue weighted by molar-refractivity contribution is 5.89. The van der Waals surface area contributed by atoms with Crippen molar-refractivity contribution in [2.45, 2.75) is 5.41 Å². The Morgan fingerprint density at radius 2 is 0.649 bits per heavy atom. The van der Waals surface area contributed by atoms with Crippen molar-refractivity contribution in [3.63, 3.8) is 0 Å². The van der Waals surface area contributed by atoms with Crippen LogP contribution in [0.1, 0.15) is 22.3 Å². The van der Waals surface area contributed by atoms with Crippen LogP contribution in [0.3, 0.4) is 0 Å². The molecular formula is C55H37NO. The Labute approximate surface area is 333 Å². The van der Waals surface area contributed by atoms with Crippen molar-refractivity contribution in [3.8, 4) is 56.0 Å². The van der Waals surface area contributed by atoms with Gasteiger partial charge in [0.25, 0.3) is 0 Å².